The number of hydrogen-bond donors (Lipinski definition) is 4. The second kappa shape index (κ2) is 12.4. The van der Waals surface area contributed by atoms with Gasteiger partial charge in [0.1, 0.15) is 0 Å². The maximum atomic E-state index is 11.8. The molecular weight excluding hydrogens is 378 g/mol. The van der Waals surface area contributed by atoms with Crippen LogP contribution in [0.15, 0.2) is 29.3 Å². The van der Waals surface area contributed by atoms with Crippen LogP contribution < -0.4 is 21.3 Å². The second-order valence-corrected chi connectivity index (χ2v) is 8.38. The summed E-state index contributed by atoms with van der Waals surface area (Å²) in [7, 11) is 1.80. The summed E-state index contributed by atoms with van der Waals surface area (Å²) in [6.07, 6.45) is 6.21. The van der Waals surface area contributed by atoms with Crippen molar-refractivity contribution in [2.75, 3.05) is 32.1 Å². The van der Waals surface area contributed by atoms with Crippen LogP contribution in [0.25, 0.3) is 0 Å². The summed E-state index contributed by atoms with van der Waals surface area (Å²) in [6.45, 7) is 9.13. The molecule has 1 aromatic carbocycles. The van der Waals surface area contributed by atoms with Crippen LogP contribution in [0, 0.1) is 5.41 Å². The number of nitrogens with zero attached hydrogens (tertiary/aromatic N) is 1. The van der Waals surface area contributed by atoms with Crippen LogP contribution >= 0.6 is 0 Å². The van der Waals surface area contributed by atoms with Crippen LogP contribution in [0.1, 0.15) is 58.4 Å². The molecule has 7 nitrogen and oxygen atoms in total. The Kier molecular flexibility index (Phi) is 9.94. The molecule has 0 heterocycles. The standard InChI is InChI=1S/C23H39N5O2/c1-5-30-15-14-23(12-6-7-13-23)17-26-21(24-4)25-16-19-8-10-20(11-9-19)28-22(29)27-18(2)3/h8-11,18H,5-7,12-17H2,1-4H3,(H2,24,25,26)(H2,27,28,29). The van der Waals surface area contributed by atoms with Gasteiger partial charge in [0.25, 0.3) is 0 Å². The molecule has 0 saturated heterocycles. The first-order valence-electron chi connectivity index (χ1n) is 11.1. The molecule has 4 N–H and O–H groups in total. The monoisotopic (exact) mass is 417 g/mol. The summed E-state index contributed by atoms with van der Waals surface area (Å²) in [6, 6.07) is 7.75. The molecule has 7 heteroatoms. The lowest BCUT2D eigenvalue weighted by molar-refractivity contribution is 0.105. The van der Waals surface area contributed by atoms with Gasteiger partial charge in [0.2, 0.25) is 0 Å². The first-order chi connectivity index (χ1) is 14.5. The Hall–Kier alpha value is -2.28. The number of urea groups is 1. The van der Waals surface area contributed by atoms with Crippen molar-refractivity contribution in [3.05, 3.63) is 29.8 Å². The van der Waals surface area contributed by atoms with E-state index in [0.717, 1.165) is 43.4 Å². The molecule has 0 aromatic heterocycles. The molecule has 2 rings (SSSR count). The fourth-order valence-electron chi connectivity index (χ4n) is 3.89. The zero-order valence-corrected chi connectivity index (χ0v) is 19.0. The number of guanidine groups is 1. The summed E-state index contributed by atoms with van der Waals surface area (Å²) in [4.78, 5) is 16.2. The molecule has 0 spiro atoms. The molecule has 30 heavy (non-hydrogen) atoms. The maximum absolute atomic E-state index is 11.8. The summed E-state index contributed by atoms with van der Waals surface area (Å²) in [5.41, 5.74) is 2.22. The van der Waals surface area contributed by atoms with E-state index in [4.69, 9.17) is 4.74 Å². The Morgan fingerprint density at radius 3 is 2.47 bits per heavy atom. The van der Waals surface area contributed by atoms with E-state index in [1.807, 2.05) is 45.0 Å². The molecular formula is C23H39N5O2. The first-order valence-corrected chi connectivity index (χ1v) is 11.1. The molecule has 0 unspecified atom stereocenters. The van der Waals surface area contributed by atoms with E-state index in [1.54, 1.807) is 7.05 Å². The molecule has 0 aliphatic heterocycles. The number of rotatable bonds is 10. The Morgan fingerprint density at radius 1 is 1.17 bits per heavy atom. The lowest BCUT2D eigenvalue weighted by atomic mass is 9.83. The molecule has 1 aliphatic rings. The summed E-state index contributed by atoms with van der Waals surface area (Å²) >= 11 is 0. The number of hydrogen-bond acceptors (Lipinski definition) is 3. The van der Waals surface area contributed by atoms with Gasteiger partial charge in [-0.1, -0.05) is 25.0 Å². The van der Waals surface area contributed by atoms with E-state index in [-0.39, 0.29) is 12.1 Å². The van der Waals surface area contributed by atoms with Gasteiger partial charge in [-0.25, -0.2) is 4.79 Å². The number of nitrogens with one attached hydrogen (secondary N) is 4. The second-order valence-electron chi connectivity index (χ2n) is 8.38. The molecule has 1 aliphatic carbocycles. The van der Waals surface area contributed by atoms with E-state index in [9.17, 15) is 4.79 Å². The van der Waals surface area contributed by atoms with E-state index in [2.05, 4.69) is 26.3 Å². The smallest absolute Gasteiger partial charge is 0.319 e. The third kappa shape index (κ3) is 8.22. The van der Waals surface area contributed by atoms with Crippen molar-refractivity contribution in [2.24, 2.45) is 10.4 Å². The van der Waals surface area contributed by atoms with Gasteiger partial charge in [0.15, 0.2) is 5.96 Å². The lowest BCUT2D eigenvalue weighted by Crippen LogP contribution is -2.43. The van der Waals surface area contributed by atoms with E-state index in [1.165, 1.54) is 25.7 Å². The van der Waals surface area contributed by atoms with Crippen molar-refractivity contribution in [3.8, 4) is 0 Å². The number of anilines is 1. The number of ether oxygens (including phenoxy) is 1. The Bertz CT molecular complexity index is 667. The predicted molar refractivity (Wildman–Crippen MR) is 124 cm³/mol. The quantitative estimate of drug-likeness (QED) is 0.264. The van der Waals surface area contributed by atoms with Crippen LogP contribution in [-0.2, 0) is 11.3 Å². The summed E-state index contributed by atoms with van der Waals surface area (Å²) in [5, 5.41) is 12.6. The van der Waals surface area contributed by atoms with Crippen molar-refractivity contribution < 1.29 is 9.53 Å². The summed E-state index contributed by atoms with van der Waals surface area (Å²) < 4.78 is 5.61. The Morgan fingerprint density at radius 2 is 1.87 bits per heavy atom. The van der Waals surface area contributed by atoms with Crippen molar-refractivity contribution in [3.63, 3.8) is 0 Å². The van der Waals surface area contributed by atoms with Crippen LogP contribution in [0.2, 0.25) is 0 Å². The fourth-order valence-corrected chi connectivity index (χ4v) is 3.89. The molecule has 1 fully saturated rings. The highest BCUT2D eigenvalue weighted by molar-refractivity contribution is 5.89. The zero-order chi connectivity index (χ0) is 21.8. The lowest BCUT2D eigenvalue weighted by Gasteiger charge is -2.30. The highest BCUT2D eigenvalue weighted by Crippen LogP contribution is 2.40. The van der Waals surface area contributed by atoms with Crippen LogP contribution in [0.4, 0.5) is 10.5 Å². The Labute approximate surface area is 181 Å². The molecule has 0 bridgehead atoms. The van der Waals surface area contributed by atoms with Gasteiger partial charge in [-0.2, -0.15) is 0 Å². The van der Waals surface area contributed by atoms with Gasteiger partial charge in [-0.05, 0) is 63.1 Å². The van der Waals surface area contributed by atoms with Gasteiger partial charge in [-0.15, -0.1) is 0 Å². The van der Waals surface area contributed by atoms with Gasteiger partial charge in [0.05, 0.1) is 0 Å². The maximum Gasteiger partial charge on any atom is 0.319 e. The van der Waals surface area contributed by atoms with Gasteiger partial charge in [-0.3, -0.25) is 4.99 Å². The minimum absolute atomic E-state index is 0.107. The van der Waals surface area contributed by atoms with Gasteiger partial charge in [0, 0.05) is 45.1 Å². The molecule has 1 saturated carbocycles. The largest absolute Gasteiger partial charge is 0.382 e. The van der Waals surface area contributed by atoms with E-state index < -0.39 is 0 Å². The molecule has 2 amide bonds. The van der Waals surface area contributed by atoms with Gasteiger partial charge < -0.3 is 26.0 Å². The number of carbonyl (C=O) groups is 1. The minimum atomic E-state index is -0.189. The van der Waals surface area contributed by atoms with Crippen molar-refractivity contribution in [1.82, 2.24) is 16.0 Å². The highest BCUT2D eigenvalue weighted by Gasteiger charge is 2.33. The fraction of sp³-hybridized carbons (Fsp3) is 0.652. The average molecular weight is 418 g/mol. The normalized spacial score (nSPS) is 15.8. The van der Waals surface area contributed by atoms with Crippen molar-refractivity contribution in [1.29, 1.82) is 0 Å². The number of carbonyl (C=O) groups excluding carboxylic acids is 1. The Balaban J connectivity index is 1.80. The summed E-state index contributed by atoms with van der Waals surface area (Å²) in [5.74, 6) is 0.816. The third-order valence-corrected chi connectivity index (χ3v) is 5.59. The third-order valence-electron chi connectivity index (χ3n) is 5.59. The zero-order valence-electron chi connectivity index (χ0n) is 19.0. The number of benzene rings is 1. The molecule has 1 aromatic rings. The molecule has 168 valence electrons. The van der Waals surface area contributed by atoms with Crippen molar-refractivity contribution in [2.45, 2.75) is 65.5 Å². The van der Waals surface area contributed by atoms with Gasteiger partial charge >= 0.3 is 6.03 Å². The van der Waals surface area contributed by atoms with E-state index in [0.29, 0.717) is 12.0 Å². The number of aliphatic imine (C=N–C) groups is 1. The number of amides is 2. The van der Waals surface area contributed by atoms with Crippen LogP contribution in [0.3, 0.4) is 0 Å². The highest BCUT2D eigenvalue weighted by atomic mass is 16.5. The van der Waals surface area contributed by atoms with Crippen LogP contribution in [0.5, 0.6) is 0 Å². The molecule has 0 atom stereocenters. The van der Waals surface area contributed by atoms with Crippen molar-refractivity contribution >= 4 is 17.7 Å². The average Bonchev–Trinajstić information content (AvgIpc) is 3.18. The predicted octanol–water partition coefficient (Wildman–Crippen LogP) is 3.87. The van der Waals surface area contributed by atoms with Crippen LogP contribution in [-0.4, -0.2) is 44.8 Å². The first kappa shape index (κ1) is 24.0. The van der Waals surface area contributed by atoms with E-state index >= 15 is 0 Å². The SMILES string of the molecule is CCOCCC1(CNC(=NC)NCc2ccc(NC(=O)NC(C)C)cc2)CCCC1. The topological polar surface area (TPSA) is 86.8 Å². The molecule has 0 radical (unpaired) electrons. The minimum Gasteiger partial charge on any atom is -0.382 e.